The first-order valence-corrected chi connectivity index (χ1v) is 10.8. The molecule has 1 N–H and O–H groups in total. The number of aromatic nitrogens is 2. The van der Waals surface area contributed by atoms with Crippen molar-refractivity contribution in [2.45, 2.75) is 66.1 Å². The third kappa shape index (κ3) is 5.23. The summed E-state index contributed by atoms with van der Waals surface area (Å²) < 4.78 is 33.5. The van der Waals surface area contributed by atoms with Crippen LogP contribution in [0.1, 0.15) is 64.8 Å². The van der Waals surface area contributed by atoms with Crippen molar-refractivity contribution in [3.05, 3.63) is 41.5 Å². The van der Waals surface area contributed by atoms with E-state index in [2.05, 4.69) is 28.7 Å². The second kappa shape index (κ2) is 8.73. The predicted molar refractivity (Wildman–Crippen MR) is 119 cm³/mol. The fourth-order valence-corrected chi connectivity index (χ4v) is 3.96. The average molecular weight is 448 g/mol. The molecule has 1 fully saturated rings. The number of carbonyl (C=O) groups is 1. The second-order valence-electron chi connectivity index (χ2n) is 10.1. The van der Waals surface area contributed by atoms with Gasteiger partial charge in [0.25, 0.3) is 0 Å². The molecule has 3 heterocycles. The maximum absolute atomic E-state index is 14.0. The standard InChI is InChI=1S/C24H31F2N3O3/c1-14-18(20(22(30)31)32-23(2,3)4)19(29-9-7-24(5,6)8-10-29)16(13-27-14)15-11-17(25)21(26)28-12-15/h11-13,20H,7-10H2,1-6H3,(H,30,31)/t20-/m0/s1. The third-order valence-corrected chi connectivity index (χ3v) is 5.79. The normalized spacial score (nSPS) is 17.3. The van der Waals surface area contributed by atoms with Crippen LogP contribution in [0.4, 0.5) is 14.5 Å². The van der Waals surface area contributed by atoms with Crippen LogP contribution in [0.25, 0.3) is 11.1 Å². The number of anilines is 1. The van der Waals surface area contributed by atoms with Gasteiger partial charge in [-0.1, -0.05) is 13.8 Å². The van der Waals surface area contributed by atoms with E-state index in [1.165, 1.54) is 6.20 Å². The van der Waals surface area contributed by atoms with Gasteiger partial charge in [0, 0.05) is 47.9 Å². The van der Waals surface area contributed by atoms with E-state index in [4.69, 9.17) is 4.74 Å². The number of aryl methyl sites for hydroxylation is 1. The fraction of sp³-hybridized carbons (Fsp3) is 0.542. The van der Waals surface area contributed by atoms with Gasteiger partial charge in [0.1, 0.15) is 0 Å². The molecule has 0 bridgehead atoms. The molecule has 0 unspecified atom stereocenters. The maximum atomic E-state index is 14.0. The Balaban J connectivity index is 2.25. The van der Waals surface area contributed by atoms with Gasteiger partial charge >= 0.3 is 5.97 Å². The minimum absolute atomic E-state index is 0.163. The topological polar surface area (TPSA) is 75.5 Å². The summed E-state index contributed by atoms with van der Waals surface area (Å²) in [6, 6.07) is 1.07. The van der Waals surface area contributed by atoms with E-state index in [0.717, 1.165) is 18.9 Å². The fourth-order valence-electron chi connectivity index (χ4n) is 3.96. The Hall–Kier alpha value is -2.61. The largest absolute Gasteiger partial charge is 0.479 e. The van der Waals surface area contributed by atoms with Gasteiger partial charge in [-0.15, -0.1) is 0 Å². The molecule has 1 aliphatic heterocycles. The highest BCUT2D eigenvalue weighted by atomic mass is 19.2. The van der Waals surface area contributed by atoms with Crippen molar-refractivity contribution in [1.29, 1.82) is 0 Å². The molecule has 1 aliphatic rings. The van der Waals surface area contributed by atoms with Crippen molar-refractivity contribution in [2.24, 2.45) is 5.41 Å². The van der Waals surface area contributed by atoms with Gasteiger partial charge in [0.05, 0.1) is 11.3 Å². The summed E-state index contributed by atoms with van der Waals surface area (Å²) in [4.78, 5) is 22.4. The van der Waals surface area contributed by atoms with Gasteiger partial charge in [-0.25, -0.2) is 14.2 Å². The molecule has 2 aromatic rings. The molecule has 174 valence electrons. The van der Waals surface area contributed by atoms with Crippen LogP contribution in [-0.2, 0) is 9.53 Å². The summed E-state index contributed by atoms with van der Waals surface area (Å²) in [7, 11) is 0. The van der Waals surface area contributed by atoms with E-state index in [0.29, 0.717) is 41.2 Å². The first-order valence-electron chi connectivity index (χ1n) is 10.8. The molecule has 1 atom stereocenters. The van der Waals surface area contributed by atoms with Crippen molar-refractivity contribution >= 4 is 11.7 Å². The lowest BCUT2D eigenvalue weighted by Gasteiger charge is -2.40. The van der Waals surface area contributed by atoms with Crippen molar-refractivity contribution in [1.82, 2.24) is 9.97 Å². The molecule has 0 aromatic carbocycles. The number of halogens is 2. The minimum atomic E-state index is -1.27. The van der Waals surface area contributed by atoms with Crippen LogP contribution in [-0.4, -0.2) is 39.7 Å². The number of hydrogen-bond donors (Lipinski definition) is 1. The van der Waals surface area contributed by atoms with Gasteiger partial charge in [0.15, 0.2) is 11.9 Å². The summed E-state index contributed by atoms with van der Waals surface area (Å²) in [5.74, 6) is -3.39. The van der Waals surface area contributed by atoms with Crippen molar-refractivity contribution in [3.8, 4) is 11.1 Å². The quantitative estimate of drug-likeness (QED) is 0.627. The molecule has 3 rings (SSSR count). The number of ether oxygens (including phenoxy) is 1. The van der Waals surface area contributed by atoms with Crippen LogP contribution < -0.4 is 4.90 Å². The molecule has 0 spiro atoms. The summed E-state index contributed by atoms with van der Waals surface area (Å²) in [5.41, 5.74) is 1.83. The number of nitrogens with zero attached hydrogens (tertiary/aromatic N) is 3. The van der Waals surface area contributed by atoms with Crippen LogP contribution in [0.2, 0.25) is 0 Å². The first kappa shape index (κ1) is 24.0. The molecule has 8 heteroatoms. The van der Waals surface area contributed by atoms with Crippen molar-refractivity contribution in [3.63, 3.8) is 0 Å². The molecular formula is C24H31F2N3O3. The number of carboxylic acids is 1. The summed E-state index contributed by atoms with van der Waals surface area (Å²) in [6.07, 6.45) is 3.35. The Morgan fingerprint density at radius 2 is 1.81 bits per heavy atom. The summed E-state index contributed by atoms with van der Waals surface area (Å²) in [5, 5.41) is 10.1. The van der Waals surface area contributed by atoms with E-state index in [1.807, 2.05) is 0 Å². The monoisotopic (exact) mass is 447 g/mol. The lowest BCUT2D eigenvalue weighted by atomic mass is 9.82. The molecule has 32 heavy (non-hydrogen) atoms. The second-order valence-corrected chi connectivity index (χ2v) is 10.1. The average Bonchev–Trinajstić information content (AvgIpc) is 2.68. The van der Waals surface area contributed by atoms with Gasteiger partial charge in [-0.3, -0.25) is 4.98 Å². The Bertz CT molecular complexity index is 1010. The van der Waals surface area contributed by atoms with Gasteiger partial charge in [-0.05, 0) is 52.0 Å². The highest BCUT2D eigenvalue weighted by Crippen LogP contribution is 2.43. The molecule has 6 nitrogen and oxygen atoms in total. The zero-order valence-corrected chi connectivity index (χ0v) is 19.5. The molecule has 0 aliphatic carbocycles. The SMILES string of the molecule is Cc1ncc(-c2cnc(F)c(F)c2)c(N2CCC(C)(C)CC2)c1[C@H](OC(C)(C)C)C(=O)O. The molecule has 0 saturated carbocycles. The van der Waals surface area contributed by atoms with Crippen LogP contribution in [0, 0.1) is 24.1 Å². The van der Waals surface area contributed by atoms with E-state index in [1.54, 1.807) is 33.9 Å². The van der Waals surface area contributed by atoms with E-state index < -0.39 is 29.4 Å². The number of hydrogen-bond acceptors (Lipinski definition) is 5. The summed E-state index contributed by atoms with van der Waals surface area (Å²) in [6.45, 7) is 12.9. The van der Waals surface area contributed by atoms with Crippen molar-refractivity contribution < 1.29 is 23.4 Å². The van der Waals surface area contributed by atoms with Gasteiger partial charge < -0.3 is 14.7 Å². The number of carboxylic acid groups (broad SMARTS) is 1. The van der Waals surface area contributed by atoms with Crippen LogP contribution in [0.15, 0.2) is 18.5 Å². The highest BCUT2D eigenvalue weighted by Gasteiger charge is 2.35. The zero-order chi connectivity index (χ0) is 23.8. The lowest BCUT2D eigenvalue weighted by Crippen LogP contribution is -2.39. The predicted octanol–water partition coefficient (Wildman–Crippen LogP) is 5.30. The van der Waals surface area contributed by atoms with E-state index >= 15 is 0 Å². The van der Waals surface area contributed by atoms with Crippen LogP contribution in [0.5, 0.6) is 0 Å². The Kier molecular flexibility index (Phi) is 6.56. The summed E-state index contributed by atoms with van der Waals surface area (Å²) >= 11 is 0. The number of rotatable bonds is 5. The smallest absolute Gasteiger partial charge is 0.337 e. The first-order chi connectivity index (χ1) is 14.8. The van der Waals surface area contributed by atoms with Gasteiger partial charge in [0.2, 0.25) is 5.95 Å². The molecule has 1 saturated heterocycles. The zero-order valence-electron chi connectivity index (χ0n) is 19.5. The molecular weight excluding hydrogens is 416 g/mol. The number of pyridine rings is 2. The maximum Gasteiger partial charge on any atom is 0.337 e. The van der Waals surface area contributed by atoms with Crippen LogP contribution in [0.3, 0.4) is 0 Å². The highest BCUT2D eigenvalue weighted by molar-refractivity contribution is 5.86. The number of aliphatic carboxylic acids is 1. The van der Waals surface area contributed by atoms with Gasteiger partial charge in [-0.2, -0.15) is 4.39 Å². The minimum Gasteiger partial charge on any atom is -0.479 e. The molecule has 0 radical (unpaired) electrons. The molecule has 2 aromatic heterocycles. The third-order valence-electron chi connectivity index (χ3n) is 5.79. The van der Waals surface area contributed by atoms with E-state index in [9.17, 15) is 18.7 Å². The Morgan fingerprint density at radius 3 is 2.34 bits per heavy atom. The molecule has 0 amide bonds. The number of piperidine rings is 1. The van der Waals surface area contributed by atoms with Crippen LogP contribution >= 0.6 is 0 Å². The Morgan fingerprint density at radius 1 is 1.19 bits per heavy atom. The lowest BCUT2D eigenvalue weighted by molar-refractivity contribution is -0.160. The van der Waals surface area contributed by atoms with E-state index in [-0.39, 0.29) is 5.41 Å². The van der Waals surface area contributed by atoms with Crippen molar-refractivity contribution in [2.75, 3.05) is 18.0 Å². The Labute approximate surface area is 187 Å².